The summed E-state index contributed by atoms with van der Waals surface area (Å²) in [6, 6.07) is 26.0. The van der Waals surface area contributed by atoms with Gasteiger partial charge in [-0.1, -0.05) is 67.6 Å². The molecule has 3 aromatic rings. The lowest BCUT2D eigenvalue weighted by atomic mass is 10.0. The van der Waals surface area contributed by atoms with E-state index in [-0.39, 0.29) is 17.4 Å². The molecule has 1 heterocycles. The number of ether oxygens (including phenoxy) is 1. The Morgan fingerprint density at radius 1 is 0.857 bits per heavy atom. The maximum absolute atomic E-state index is 13.1. The van der Waals surface area contributed by atoms with Crippen LogP contribution in [0.3, 0.4) is 0 Å². The Balaban J connectivity index is 1.39. The monoisotopic (exact) mass is 492 g/mol. The molecule has 0 aromatic heterocycles. The van der Waals surface area contributed by atoms with Gasteiger partial charge in [-0.2, -0.15) is 4.31 Å². The molecule has 1 aliphatic rings. The van der Waals surface area contributed by atoms with Crippen LogP contribution in [0.4, 0.5) is 0 Å². The number of benzene rings is 3. The van der Waals surface area contributed by atoms with Crippen LogP contribution in [0.15, 0.2) is 89.8 Å². The number of carbonyl (C=O) groups is 1. The van der Waals surface area contributed by atoms with Crippen LogP contribution >= 0.6 is 0 Å². The molecule has 0 saturated carbocycles. The molecule has 0 atom stereocenters. The minimum atomic E-state index is -3.51. The first-order valence-corrected chi connectivity index (χ1v) is 13.4. The zero-order valence-corrected chi connectivity index (χ0v) is 20.9. The fourth-order valence-electron chi connectivity index (χ4n) is 4.16. The molecule has 0 spiro atoms. The number of rotatable bonds is 9. The Morgan fingerprint density at radius 3 is 1.89 bits per heavy atom. The second kappa shape index (κ2) is 11.5. The third-order valence-electron chi connectivity index (χ3n) is 6.35. The first-order valence-electron chi connectivity index (χ1n) is 12.0. The van der Waals surface area contributed by atoms with E-state index >= 15 is 0 Å². The highest BCUT2D eigenvalue weighted by Gasteiger charge is 2.28. The van der Waals surface area contributed by atoms with Crippen LogP contribution in [0.5, 0.6) is 5.75 Å². The van der Waals surface area contributed by atoms with Crippen molar-refractivity contribution >= 4 is 15.9 Å². The lowest BCUT2D eigenvalue weighted by molar-refractivity contribution is -0.134. The van der Waals surface area contributed by atoms with Gasteiger partial charge in [0.15, 0.2) is 6.61 Å². The van der Waals surface area contributed by atoms with Gasteiger partial charge in [0.05, 0.1) is 4.90 Å². The van der Waals surface area contributed by atoms with E-state index in [4.69, 9.17) is 4.74 Å². The summed E-state index contributed by atoms with van der Waals surface area (Å²) in [5.74, 6) is 0.874. The van der Waals surface area contributed by atoms with Crippen LogP contribution in [0, 0.1) is 5.92 Å². The minimum Gasteiger partial charge on any atom is -0.484 e. The van der Waals surface area contributed by atoms with Gasteiger partial charge < -0.3 is 9.64 Å². The summed E-state index contributed by atoms with van der Waals surface area (Å²) < 4.78 is 33.2. The van der Waals surface area contributed by atoms with Crippen molar-refractivity contribution < 1.29 is 17.9 Å². The predicted octanol–water partition coefficient (Wildman–Crippen LogP) is 4.72. The van der Waals surface area contributed by atoms with E-state index in [2.05, 4.69) is 6.92 Å². The number of hydrogen-bond acceptors (Lipinski definition) is 4. The first kappa shape index (κ1) is 24.9. The molecule has 1 saturated heterocycles. The number of amides is 1. The summed E-state index contributed by atoms with van der Waals surface area (Å²) in [7, 11) is -3.51. The van der Waals surface area contributed by atoms with E-state index in [1.807, 2.05) is 60.7 Å². The van der Waals surface area contributed by atoms with Gasteiger partial charge in [-0.3, -0.25) is 4.79 Å². The second-order valence-corrected chi connectivity index (χ2v) is 11.0. The van der Waals surface area contributed by atoms with Crippen molar-refractivity contribution in [2.75, 3.05) is 19.7 Å². The van der Waals surface area contributed by atoms with Crippen LogP contribution in [0.25, 0.3) is 0 Å². The summed E-state index contributed by atoms with van der Waals surface area (Å²) in [5, 5.41) is 0. The molecule has 184 valence electrons. The van der Waals surface area contributed by atoms with Crippen molar-refractivity contribution in [1.29, 1.82) is 0 Å². The predicted molar refractivity (Wildman–Crippen MR) is 136 cm³/mol. The fourth-order valence-corrected chi connectivity index (χ4v) is 5.63. The third-order valence-corrected chi connectivity index (χ3v) is 8.26. The average Bonchev–Trinajstić information content (AvgIpc) is 2.88. The summed E-state index contributed by atoms with van der Waals surface area (Å²) >= 11 is 0. The summed E-state index contributed by atoms with van der Waals surface area (Å²) in [6.07, 6.45) is 1.76. The highest BCUT2D eigenvalue weighted by Crippen LogP contribution is 2.25. The topological polar surface area (TPSA) is 66.9 Å². The molecule has 0 aliphatic carbocycles. The maximum atomic E-state index is 13.1. The molecule has 6 nitrogen and oxygen atoms in total. The first-order chi connectivity index (χ1) is 16.9. The van der Waals surface area contributed by atoms with Crippen molar-refractivity contribution in [3.8, 4) is 5.75 Å². The largest absolute Gasteiger partial charge is 0.484 e. The standard InChI is InChI=1S/C28H32N2O4S/c1-23-16-18-30(19-17-23)35(32,33)27-14-12-26(13-15-27)34-22-28(31)29(20-24-8-4-2-5-9-24)21-25-10-6-3-7-11-25/h2-15,23H,16-22H2,1H3. The van der Waals surface area contributed by atoms with E-state index in [1.165, 1.54) is 0 Å². The number of hydrogen-bond donors (Lipinski definition) is 0. The van der Waals surface area contributed by atoms with Crippen molar-refractivity contribution in [3.05, 3.63) is 96.1 Å². The van der Waals surface area contributed by atoms with Crippen LogP contribution < -0.4 is 4.74 Å². The van der Waals surface area contributed by atoms with Crippen molar-refractivity contribution in [3.63, 3.8) is 0 Å². The molecule has 0 N–H and O–H groups in total. The molecule has 0 bridgehead atoms. The molecule has 3 aromatic carbocycles. The van der Waals surface area contributed by atoms with E-state index in [0.717, 1.165) is 24.0 Å². The Morgan fingerprint density at radius 2 is 1.37 bits per heavy atom. The lowest BCUT2D eigenvalue weighted by Crippen LogP contribution is -2.37. The summed E-state index contributed by atoms with van der Waals surface area (Å²) in [6.45, 7) is 4.07. The maximum Gasteiger partial charge on any atom is 0.261 e. The molecule has 0 radical (unpaired) electrons. The van der Waals surface area contributed by atoms with E-state index in [0.29, 0.717) is 37.8 Å². The molecule has 7 heteroatoms. The molecule has 1 fully saturated rings. The number of carbonyl (C=O) groups excluding carboxylic acids is 1. The van der Waals surface area contributed by atoms with Gasteiger partial charge in [-0.15, -0.1) is 0 Å². The molecule has 0 unspecified atom stereocenters. The summed E-state index contributed by atoms with van der Waals surface area (Å²) in [5.41, 5.74) is 2.08. The van der Waals surface area contributed by atoms with Gasteiger partial charge in [0.25, 0.3) is 5.91 Å². The summed E-state index contributed by atoms with van der Waals surface area (Å²) in [4.78, 5) is 15.1. The van der Waals surface area contributed by atoms with Gasteiger partial charge in [0.1, 0.15) is 5.75 Å². The molecule has 1 aliphatic heterocycles. The van der Waals surface area contributed by atoms with E-state index < -0.39 is 10.0 Å². The van der Waals surface area contributed by atoms with Gasteiger partial charge in [0, 0.05) is 26.2 Å². The van der Waals surface area contributed by atoms with Crippen LogP contribution in [0.2, 0.25) is 0 Å². The average molecular weight is 493 g/mol. The van der Waals surface area contributed by atoms with Gasteiger partial charge in [-0.05, 0) is 54.2 Å². The van der Waals surface area contributed by atoms with Crippen molar-refractivity contribution in [2.45, 2.75) is 37.8 Å². The Labute approximate surface area is 208 Å². The van der Waals surface area contributed by atoms with E-state index in [1.54, 1.807) is 33.5 Å². The number of sulfonamides is 1. The Hall–Kier alpha value is -3.16. The van der Waals surface area contributed by atoms with Crippen molar-refractivity contribution in [2.24, 2.45) is 5.92 Å². The Bertz CT molecular complexity index is 1150. The van der Waals surface area contributed by atoms with Crippen LogP contribution in [-0.2, 0) is 27.9 Å². The smallest absolute Gasteiger partial charge is 0.261 e. The lowest BCUT2D eigenvalue weighted by Gasteiger charge is -2.29. The quantitative estimate of drug-likeness (QED) is 0.434. The number of nitrogens with zero attached hydrogens (tertiary/aromatic N) is 2. The van der Waals surface area contributed by atoms with Gasteiger partial charge in [0.2, 0.25) is 10.0 Å². The molecule has 4 rings (SSSR count). The minimum absolute atomic E-state index is 0.129. The zero-order chi connectivity index (χ0) is 24.7. The molecule has 35 heavy (non-hydrogen) atoms. The van der Waals surface area contributed by atoms with Crippen LogP contribution in [0.1, 0.15) is 30.9 Å². The van der Waals surface area contributed by atoms with Crippen molar-refractivity contribution in [1.82, 2.24) is 9.21 Å². The van der Waals surface area contributed by atoms with E-state index in [9.17, 15) is 13.2 Å². The van der Waals surface area contributed by atoms with Gasteiger partial charge in [-0.25, -0.2) is 8.42 Å². The van der Waals surface area contributed by atoms with Crippen LogP contribution in [-0.4, -0.2) is 43.2 Å². The zero-order valence-electron chi connectivity index (χ0n) is 20.0. The molecular formula is C28H32N2O4S. The number of piperidine rings is 1. The van der Waals surface area contributed by atoms with Gasteiger partial charge >= 0.3 is 0 Å². The normalized spacial score (nSPS) is 15.0. The molecular weight excluding hydrogens is 460 g/mol. The SMILES string of the molecule is CC1CCN(S(=O)(=O)c2ccc(OCC(=O)N(Cc3ccccc3)Cc3ccccc3)cc2)CC1. The third kappa shape index (κ3) is 6.71. The Kier molecular flexibility index (Phi) is 8.21. The highest BCUT2D eigenvalue weighted by atomic mass is 32.2. The molecule has 1 amide bonds. The highest BCUT2D eigenvalue weighted by molar-refractivity contribution is 7.89. The fraction of sp³-hybridized carbons (Fsp3) is 0.321. The second-order valence-electron chi connectivity index (χ2n) is 9.07.